The highest BCUT2D eigenvalue weighted by atomic mass is 19.1. The molecule has 22 heavy (non-hydrogen) atoms. The molecule has 2 atom stereocenters. The monoisotopic (exact) mass is 314 g/mol. The molecule has 0 fully saturated rings. The van der Waals surface area contributed by atoms with Crippen LogP contribution in [0.1, 0.15) is 18.5 Å². The Hall–Kier alpha value is -1.73. The average Bonchev–Trinajstić information content (AvgIpc) is 2.41. The van der Waals surface area contributed by atoms with Crippen molar-refractivity contribution in [3.8, 4) is 0 Å². The number of halogens is 2. The van der Waals surface area contributed by atoms with Crippen molar-refractivity contribution < 1.29 is 13.5 Å². The summed E-state index contributed by atoms with van der Waals surface area (Å²) in [5, 5.41) is 2.95. The molecule has 0 radical (unpaired) electrons. The Morgan fingerprint density at radius 3 is 2.45 bits per heavy atom. The first kappa shape index (κ1) is 18.3. The maximum atomic E-state index is 13.9. The maximum absolute atomic E-state index is 13.9. The van der Waals surface area contributed by atoms with Gasteiger partial charge in [0.25, 0.3) is 0 Å². The van der Waals surface area contributed by atoms with Gasteiger partial charge in [-0.2, -0.15) is 0 Å². The van der Waals surface area contributed by atoms with E-state index < -0.39 is 17.7 Å². The highest BCUT2D eigenvalue weighted by molar-refractivity contribution is 5.78. The Morgan fingerprint density at radius 2 is 1.95 bits per heavy atom. The molecule has 0 spiro atoms. The Balaban J connectivity index is 2.86. The van der Waals surface area contributed by atoms with E-state index in [4.69, 9.17) is 10.5 Å². The number of guanidine groups is 1. The largest absolute Gasteiger partial charge is 0.383 e. The fourth-order valence-corrected chi connectivity index (χ4v) is 2.12. The van der Waals surface area contributed by atoms with E-state index >= 15 is 0 Å². The molecule has 124 valence electrons. The van der Waals surface area contributed by atoms with Crippen LogP contribution in [0.2, 0.25) is 0 Å². The highest BCUT2D eigenvalue weighted by Crippen LogP contribution is 2.24. The van der Waals surface area contributed by atoms with Crippen LogP contribution in [0.5, 0.6) is 0 Å². The summed E-state index contributed by atoms with van der Waals surface area (Å²) >= 11 is 0. The van der Waals surface area contributed by atoms with Crippen LogP contribution in [0.4, 0.5) is 8.78 Å². The quantitative estimate of drug-likeness (QED) is 0.591. The van der Waals surface area contributed by atoms with Gasteiger partial charge in [0.2, 0.25) is 0 Å². The Morgan fingerprint density at radius 1 is 1.36 bits per heavy atom. The van der Waals surface area contributed by atoms with Gasteiger partial charge in [0.05, 0.1) is 19.2 Å². The third-order valence-corrected chi connectivity index (χ3v) is 3.20. The predicted molar refractivity (Wildman–Crippen MR) is 83.7 cm³/mol. The molecule has 7 heteroatoms. The zero-order valence-corrected chi connectivity index (χ0v) is 13.4. The molecule has 3 N–H and O–H groups in total. The lowest BCUT2D eigenvalue weighted by atomic mass is 10.0. The summed E-state index contributed by atoms with van der Waals surface area (Å²) in [6.07, 6.45) is 0. The van der Waals surface area contributed by atoms with E-state index in [0.717, 1.165) is 0 Å². The number of ether oxygens (including phenoxy) is 1. The molecule has 0 saturated heterocycles. The molecule has 0 aliphatic rings. The summed E-state index contributed by atoms with van der Waals surface area (Å²) in [5.74, 6) is -0.963. The van der Waals surface area contributed by atoms with Gasteiger partial charge in [0.15, 0.2) is 5.96 Å². The lowest BCUT2D eigenvalue weighted by molar-refractivity contribution is 0.179. The number of aliphatic imine (C=N–C) groups is 1. The van der Waals surface area contributed by atoms with Crippen LogP contribution in [0.25, 0.3) is 0 Å². The minimum atomic E-state index is -0.590. The molecule has 0 aliphatic heterocycles. The van der Waals surface area contributed by atoms with E-state index in [2.05, 4.69) is 10.3 Å². The van der Waals surface area contributed by atoms with E-state index in [-0.39, 0.29) is 24.1 Å². The number of likely N-dealkylation sites (N-methyl/N-ethyl adjacent to an activating group) is 1. The van der Waals surface area contributed by atoms with Crippen molar-refractivity contribution in [2.45, 2.75) is 19.0 Å². The lowest BCUT2D eigenvalue weighted by Crippen LogP contribution is -2.41. The molecule has 1 aromatic carbocycles. The average molecular weight is 314 g/mol. The number of hydrogen-bond donors (Lipinski definition) is 2. The van der Waals surface area contributed by atoms with Crippen molar-refractivity contribution in [1.82, 2.24) is 10.2 Å². The van der Waals surface area contributed by atoms with Gasteiger partial charge in [0, 0.05) is 18.7 Å². The second-order valence-corrected chi connectivity index (χ2v) is 5.34. The van der Waals surface area contributed by atoms with Crippen LogP contribution in [0.3, 0.4) is 0 Å². The summed E-state index contributed by atoms with van der Waals surface area (Å²) in [7, 11) is 5.07. The van der Waals surface area contributed by atoms with E-state index in [1.807, 2.05) is 6.92 Å². The van der Waals surface area contributed by atoms with Gasteiger partial charge in [-0.25, -0.2) is 8.78 Å². The van der Waals surface area contributed by atoms with Crippen molar-refractivity contribution in [2.24, 2.45) is 10.7 Å². The summed E-state index contributed by atoms with van der Waals surface area (Å²) < 4.78 is 32.8. The SMILES string of the molecule is COCC(C)NC(N)=NCC(c1c(F)cccc1F)N(C)C. The van der Waals surface area contributed by atoms with E-state index in [0.29, 0.717) is 6.61 Å². The fraction of sp³-hybridized carbons (Fsp3) is 0.533. The number of benzene rings is 1. The van der Waals surface area contributed by atoms with Gasteiger partial charge in [0.1, 0.15) is 11.6 Å². The van der Waals surface area contributed by atoms with E-state index in [1.165, 1.54) is 18.2 Å². The normalized spacial score (nSPS) is 15.0. The van der Waals surface area contributed by atoms with Crippen molar-refractivity contribution in [3.05, 3.63) is 35.4 Å². The van der Waals surface area contributed by atoms with Crippen molar-refractivity contribution in [3.63, 3.8) is 0 Å². The maximum Gasteiger partial charge on any atom is 0.188 e. The van der Waals surface area contributed by atoms with Crippen molar-refractivity contribution >= 4 is 5.96 Å². The molecule has 2 unspecified atom stereocenters. The highest BCUT2D eigenvalue weighted by Gasteiger charge is 2.22. The minimum absolute atomic E-state index is 0.00301. The van der Waals surface area contributed by atoms with Crippen LogP contribution in [-0.4, -0.2) is 51.3 Å². The zero-order valence-electron chi connectivity index (χ0n) is 13.4. The first-order chi connectivity index (χ1) is 10.4. The molecule has 0 bridgehead atoms. The molecule has 1 aromatic rings. The van der Waals surface area contributed by atoms with E-state index in [9.17, 15) is 8.78 Å². The summed E-state index contributed by atoms with van der Waals surface area (Å²) in [6, 6.07) is 3.27. The van der Waals surface area contributed by atoms with Crippen molar-refractivity contribution in [1.29, 1.82) is 0 Å². The molecular formula is C15H24F2N4O. The number of methoxy groups -OCH3 is 1. The lowest BCUT2D eigenvalue weighted by Gasteiger charge is -2.24. The Kier molecular flexibility index (Phi) is 7.20. The first-order valence-electron chi connectivity index (χ1n) is 7.02. The van der Waals surface area contributed by atoms with Crippen LogP contribution in [0.15, 0.2) is 23.2 Å². The number of hydrogen-bond acceptors (Lipinski definition) is 3. The number of nitrogens with zero attached hydrogens (tertiary/aromatic N) is 2. The van der Waals surface area contributed by atoms with Gasteiger partial charge in [-0.1, -0.05) is 6.07 Å². The summed E-state index contributed by atoms with van der Waals surface area (Å²) in [4.78, 5) is 5.88. The van der Waals surface area contributed by atoms with Crippen LogP contribution < -0.4 is 11.1 Å². The van der Waals surface area contributed by atoms with Crippen LogP contribution in [0, 0.1) is 11.6 Å². The third-order valence-electron chi connectivity index (χ3n) is 3.20. The molecule has 5 nitrogen and oxygen atoms in total. The Labute approximate surface area is 130 Å². The van der Waals surface area contributed by atoms with Crippen LogP contribution in [-0.2, 0) is 4.74 Å². The van der Waals surface area contributed by atoms with Crippen molar-refractivity contribution in [2.75, 3.05) is 34.4 Å². The van der Waals surface area contributed by atoms with Crippen LogP contribution >= 0.6 is 0 Å². The third kappa shape index (κ3) is 5.23. The molecular weight excluding hydrogens is 290 g/mol. The number of nitrogens with two attached hydrogens (primary N) is 1. The van der Waals surface area contributed by atoms with Gasteiger partial charge in [-0.15, -0.1) is 0 Å². The molecule has 0 heterocycles. The first-order valence-corrected chi connectivity index (χ1v) is 7.02. The summed E-state index contributed by atoms with van der Waals surface area (Å²) in [6.45, 7) is 2.52. The summed E-state index contributed by atoms with van der Waals surface area (Å²) in [5.41, 5.74) is 5.78. The number of nitrogens with one attached hydrogen (secondary N) is 1. The van der Waals surface area contributed by atoms with Gasteiger partial charge >= 0.3 is 0 Å². The standard InChI is InChI=1S/C15H24F2N4O/c1-10(9-22-4)20-15(18)19-8-13(21(2)3)14-11(16)6-5-7-12(14)17/h5-7,10,13H,8-9H2,1-4H3,(H3,18,19,20). The molecule has 0 saturated carbocycles. The zero-order chi connectivity index (χ0) is 16.7. The molecule has 0 aromatic heterocycles. The molecule has 0 amide bonds. The fourth-order valence-electron chi connectivity index (χ4n) is 2.12. The van der Waals surface area contributed by atoms with Gasteiger partial charge < -0.3 is 20.7 Å². The Bertz CT molecular complexity index is 488. The topological polar surface area (TPSA) is 62.9 Å². The second-order valence-electron chi connectivity index (χ2n) is 5.34. The molecule has 1 rings (SSSR count). The number of rotatable bonds is 7. The van der Waals surface area contributed by atoms with E-state index in [1.54, 1.807) is 26.1 Å². The minimum Gasteiger partial charge on any atom is -0.383 e. The second kappa shape index (κ2) is 8.65. The smallest absolute Gasteiger partial charge is 0.188 e. The van der Waals surface area contributed by atoms with Gasteiger partial charge in [-0.05, 0) is 33.2 Å². The predicted octanol–water partition coefficient (Wildman–Crippen LogP) is 1.51. The molecule has 0 aliphatic carbocycles. The van der Waals surface area contributed by atoms with Gasteiger partial charge in [-0.3, -0.25) is 4.99 Å².